The van der Waals surface area contributed by atoms with Gasteiger partial charge in [0.05, 0.1) is 19.2 Å². The number of Topliss-reactive ketones (excluding diaryl/α,β-unsaturated/α-hetero) is 1. The van der Waals surface area contributed by atoms with Crippen LogP contribution < -0.4 is 20.3 Å². The van der Waals surface area contributed by atoms with Gasteiger partial charge < -0.3 is 14.8 Å². The van der Waals surface area contributed by atoms with Crippen molar-refractivity contribution in [3.05, 3.63) is 93.4 Å². The zero-order valence-electron chi connectivity index (χ0n) is 17.7. The molecule has 1 N–H and O–H groups in total. The third-order valence-electron chi connectivity index (χ3n) is 4.90. The number of benzene rings is 2. The Morgan fingerprint density at radius 1 is 1.00 bits per heavy atom. The van der Waals surface area contributed by atoms with Crippen LogP contribution in [-0.2, 0) is 11.2 Å². The van der Waals surface area contributed by atoms with Gasteiger partial charge in [0, 0.05) is 24.4 Å². The average molecular weight is 455 g/mol. The molecule has 0 bridgehead atoms. The molecule has 7 nitrogen and oxygen atoms in total. The van der Waals surface area contributed by atoms with Crippen LogP contribution in [0.25, 0.3) is 0 Å². The third-order valence-corrected chi connectivity index (χ3v) is 5.12. The summed E-state index contributed by atoms with van der Waals surface area (Å²) in [7, 11) is 3.10. The van der Waals surface area contributed by atoms with Gasteiger partial charge in [0.15, 0.2) is 23.3 Å². The fourth-order valence-corrected chi connectivity index (χ4v) is 3.44. The summed E-state index contributed by atoms with van der Waals surface area (Å²) in [5, 5.41) is 3.00. The van der Waals surface area contributed by atoms with Crippen molar-refractivity contribution in [1.82, 2.24) is 9.88 Å². The van der Waals surface area contributed by atoms with Crippen LogP contribution in [0.4, 0.5) is 0 Å². The molecule has 0 aliphatic heterocycles. The Bertz CT molecular complexity index is 1160. The number of carbonyl (C=O) groups is 2. The van der Waals surface area contributed by atoms with Gasteiger partial charge in [-0.3, -0.25) is 19.0 Å². The van der Waals surface area contributed by atoms with E-state index in [0.29, 0.717) is 23.5 Å². The number of halogens is 1. The summed E-state index contributed by atoms with van der Waals surface area (Å²) in [4.78, 5) is 38.6. The number of ketones is 1. The van der Waals surface area contributed by atoms with Crippen LogP contribution in [-0.4, -0.2) is 37.0 Å². The van der Waals surface area contributed by atoms with E-state index in [1.54, 1.807) is 50.6 Å². The molecule has 0 saturated carbocycles. The molecule has 8 heteroatoms. The van der Waals surface area contributed by atoms with E-state index in [-0.39, 0.29) is 11.6 Å². The monoisotopic (exact) mass is 454 g/mol. The quantitative estimate of drug-likeness (QED) is 0.396. The van der Waals surface area contributed by atoms with Crippen LogP contribution in [0.15, 0.2) is 71.7 Å². The molecular weight excluding hydrogens is 432 g/mol. The van der Waals surface area contributed by atoms with Crippen molar-refractivity contribution < 1.29 is 19.1 Å². The van der Waals surface area contributed by atoms with Crippen LogP contribution >= 0.6 is 11.6 Å². The largest absolute Gasteiger partial charge is 0.493 e. The van der Waals surface area contributed by atoms with E-state index in [1.807, 2.05) is 12.1 Å². The zero-order valence-corrected chi connectivity index (χ0v) is 18.5. The second-order valence-electron chi connectivity index (χ2n) is 6.96. The number of amides is 1. The molecule has 1 atom stereocenters. The Labute approximate surface area is 190 Å². The van der Waals surface area contributed by atoms with E-state index in [1.165, 1.54) is 18.3 Å². The Morgan fingerprint density at radius 2 is 1.72 bits per heavy atom. The fraction of sp³-hybridized carbons (Fsp3) is 0.208. The van der Waals surface area contributed by atoms with Gasteiger partial charge in [0.2, 0.25) is 0 Å². The van der Waals surface area contributed by atoms with Gasteiger partial charge in [0.25, 0.3) is 11.5 Å². The molecule has 32 heavy (non-hydrogen) atoms. The topological polar surface area (TPSA) is 86.6 Å². The van der Waals surface area contributed by atoms with Gasteiger partial charge in [-0.2, -0.15) is 0 Å². The maximum Gasteiger partial charge on any atom is 0.251 e. The molecule has 0 radical (unpaired) electrons. The molecule has 0 saturated heterocycles. The smallest absolute Gasteiger partial charge is 0.251 e. The third kappa shape index (κ3) is 5.36. The SMILES string of the molecule is COc1ccc(CCNC(=O)[C@@H](C(=O)c2ccccc2)n2cc(Cl)ccc2=O)cc1OC. The summed E-state index contributed by atoms with van der Waals surface area (Å²) < 4.78 is 11.6. The van der Waals surface area contributed by atoms with Crippen LogP contribution in [0.5, 0.6) is 11.5 Å². The molecule has 1 aromatic heterocycles. The Morgan fingerprint density at radius 3 is 2.41 bits per heavy atom. The standard InChI is InChI=1S/C24H23ClN2O5/c1-31-19-10-8-16(14-20(19)32-2)12-13-26-24(30)22(23(29)17-6-4-3-5-7-17)27-15-18(25)9-11-21(27)28/h3-11,14-15,22H,12-13H2,1-2H3,(H,26,30)/t22-/m1/s1. The highest BCUT2D eigenvalue weighted by Gasteiger charge is 2.30. The Balaban J connectivity index is 1.81. The number of pyridine rings is 1. The number of carbonyl (C=O) groups excluding carboxylic acids is 2. The molecule has 166 valence electrons. The van der Waals surface area contributed by atoms with Gasteiger partial charge in [0.1, 0.15) is 0 Å². The van der Waals surface area contributed by atoms with Crippen molar-refractivity contribution in [3.8, 4) is 11.5 Å². The minimum atomic E-state index is -1.38. The van der Waals surface area contributed by atoms with E-state index in [9.17, 15) is 14.4 Å². The van der Waals surface area contributed by atoms with Crippen LogP contribution in [0, 0.1) is 0 Å². The lowest BCUT2D eigenvalue weighted by molar-refractivity contribution is -0.123. The summed E-state index contributed by atoms with van der Waals surface area (Å²) in [6, 6.07) is 15.1. The molecular formula is C24H23ClN2O5. The first kappa shape index (κ1) is 23.1. The van der Waals surface area contributed by atoms with Crippen molar-refractivity contribution >= 4 is 23.3 Å². The van der Waals surface area contributed by atoms with Crippen molar-refractivity contribution in [3.63, 3.8) is 0 Å². The van der Waals surface area contributed by atoms with Crippen molar-refractivity contribution in [2.75, 3.05) is 20.8 Å². The Kier molecular flexibility index (Phi) is 7.68. The normalized spacial score (nSPS) is 11.5. The number of ether oxygens (including phenoxy) is 2. The maximum atomic E-state index is 13.1. The molecule has 0 aliphatic carbocycles. The van der Waals surface area contributed by atoms with Gasteiger partial charge in [-0.05, 0) is 30.2 Å². The predicted molar refractivity (Wildman–Crippen MR) is 122 cm³/mol. The molecule has 3 rings (SSSR count). The first-order valence-corrected chi connectivity index (χ1v) is 10.3. The molecule has 1 heterocycles. The van der Waals surface area contributed by atoms with Crippen molar-refractivity contribution in [2.24, 2.45) is 0 Å². The number of hydrogen-bond acceptors (Lipinski definition) is 5. The van der Waals surface area contributed by atoms with E-state index in [0.717, 1.165) is 10.1 Å². The number of nitrogens with one attached hydrogen (secondary N) is 1. The van der Waals surface area contributed by atoms with Crippen molar-refractivity contribution in [1.29, 1.82) is 0 Å². The predicted octanol–water partition coefficient (Wildman–Crippen LogP) is 3.30. The maximum absolute atomic E-state index is 13.1. The Hall–Kier alpha value is -3.58. The second-order valence-corrected chi connectivity index (χ2v) is 7.39. The first-order valence-electron chi connectivity index (χ1n) is 9.90. The number of nitrogens with zero attached hydrogens (tertiary/aromatic N) is 1. The summed E-state index contributed by atoms with van der Waals surface area (Å²) in [6.45, 7) is 0.252. The highest BCUT2D eigenvalue weighted by Crippen LogP contribution is 2.27. The highest BCUT2D eigenvalue weighted by molar-refractivity contribution is 6.30. The van der Waals surface area contributed by atoms with E-state index >= 15 is 0 Å². The summed E-state index contributed by atoms with van der Waals surface area (Å²) in [5.74, 6) is 0.0929. The van der Waals surface area contributed by atoms with Gasteiger partial charge in [-0.25, -0.2) is 0 Å². The first-order chi connectivity index (χ1) is 15.4. The molecule has 0 fully saturated rings. The van der Waals surface area contributed by atoms with E-state index < -0.39 is 23.3 Å². The molecule has 0 unspecified atom stereocenters. The molecule has 0 aliphatic rings. The number of methoxy groups -OCH3 is 2. The molecule has 3 aromatic rings. The average Bonchev–Trinajstić information content (AvgIpc) is 2.81. The van der Waals surface area contributed by atoms with E-state index in [4.69, 9.17) is 21.1 Å². The van der Waals surface area contributed by atoms with Crippen LogP contribution in [0.3, 0.4) is 0 Å². The molecule has 0 spiro atoms. The number of hydrogen-bond donors (Lipinski definition) is 1. The number of aromatic nitrogens is 1. The minimum Gasteiger partial charge on any atom is -0.493 e. The fourth-order valence-electron chi connectivity index (χ4n) is 3.27. The van der Waals surface area contributed by atoms with E-state index in [2.05, 4.69) is 5.32 Å². The highest BCUT2D eigenvalue weighted by atomic mass is 35.5. The number of rotatable bonds is 9. The lowest BCUT2D eigenvalue weighted by Crippen LogP contribution is -2.41. The summed E-state index contributed by atoms with van der Waals surface area (Å²) >= 11 is 6.03. The lowest BCUT2D eigenvalue weighted by Gasteiger charge is -2.19. The summed E-state index contributed by atoms with van der Waals surface area (Å²) in [6.07, 6.45) is 1.78. The lowest BCUT2D eigenvalue weighted by atomic mass is 10.0. The minimum absolute atomic E-state index is 0.244. The van der Waals surface area contributed by atoms with Crippen molar-refractivity contribution in [2.45, 2.75) is 12.5 Å². The van der Waals surface area contributed by atoms with Crippen LogP contribution in [0.2, 0.25) is 5.02 Å². The molecule has 2 aromatic carbocycles. The van der Waals surface area contributed by atoms with Gasteiger partial charge in [-0.1, -0.05) is 48.0 Å². The van der Waals surface area contributed by atoms with Crippen LogP contribution in [0.1, 0.15) is 22.0 Å². The van der Waals surface area contributed by atoms with Gasteiger partial charge >= 0.3 is 0 Å². The van der Waals surface area contributed by atoms with Gasteiger partial charge in [-0.15, -0.1) is 0 Å². The molecule has 1 amide bonds. The zero-order chi connectivity index (χ0) is 23.1. The second kappa shape index (κ2) is 10.6. The summed E-state index contributed by atoms with van der Waals surface area (Å²) in [5.41, 5.74) is 0.729.